The van der Waals surface area contributed by atoms with Gasteiger partial charge in [0.2, 0.25) is 0 Å². The van der Waals surface area contributed by atoms with E-state index in [-0.39, 0.29) is 5.97 Å². The molecule has 0 saturated heterocycles. The number of carbonyl (C=O) groups is 1. The molecular weight excluding hydrogens is 388 g/mol. The number of carbonyl (C=O) groups excluding carboxylic acids is 1. The molecule has 5 aliphatic rings. The number of hydrogen-bond acceptors (Lipinski definition) is 4. The standard InChI is InChI=1S/C22H30N2O2S2/c1-2-26-21(25)18-16-5-3-4-6-17(16)28-20(18)24-22(27)23-19-14-8-12-7-13(10-14)11-15(19)9-12/h12-15,19H,2-11H2,1H3,(H2,23,24,27). The van der Waals surface area contributed by atoms with E-state index in [1.807, 2.05) is 6.92 Å². The number of aryl methyl sites for hydroxylation is 1. The first-order valence-corrected chi connectivity index (χ1v) is 12.2. The summed E-state index contributed by atoms with van der Waals surface area (Å²) in [7, 11) is 0. The molecule has 28 heavy (non-hydrogen) atoms. The number of esters is 1. The lowest BCUT2D eigenvalue weighted by Crippen LogP contribution is -2.56. The Hall–Kier alpha value is -1.14. The normalized spacial score (nSPS) is 32.7. The molecule has 0 unspecified atom stereocenters. The molecule has 2 N–H and O–H groups in total. The summed E-state index contributed by atoms with van der Waals surface area (Å²) >= 11 is 7.42. The van der Waals surface area contributed by atoms with Crippen LogP contribution in [0.5, 0.6) is 0 Å². The lowest BCUT2D eigenvalue weighted by molar-refractivity contribution is -0.00665. The number of thiophene rings is 1. The summed E-state index contributed by atoms with van der Waals surface area (Å²) in [6.45, 7) is 2.27. The van der Waals surface area contributed by atoms with Crippen LogP contribution in [-0.4, -0.2) is 23.7 Å². The van der Waals surface area contributed by atoms with E-state index in [2.05, 4.69) is 10.6 Å². The van der Waals surface area contributed by atoms with Crippen LogP contribution in [0.25, 0.3) is 0 Å². The minimum absolute atomic E-state index is 0.207. The summed E-state index contributed by atoms with van der Waals surface area (Å²) in [4.78, 5) is 14.0. The van der Waals surface area contributed by atoms with Gasteiger partial charge in [-0.3, -0.25) is 0 Å². The lowest BCUT2D eigenvalue weighted by atomic mass is 9.54. The predicted octanol–water partition coefficient (Wildman–Crippen LogP) is 4.91. The molecule has 0 aliphatic heterocycles. The van der Waals surface area contributed by atoms with Crippen molar-refractivity contribution in [2.24, 2.45) is 23.7 Å². The first-order chi connectivity index (χ1) is 13.6. The van der Waals surface area contributed by atoms with E-state index in [0.29, 0.717) is 17.8 Å². The molecular formula is C22H30N2O2S2. The summed E-state index contributed by atoms with van der Waals surface area (Å²) in [6.07, 6.45) is 11.3. The molecule has 1 heterocycles. The Morgan fingerprint density at radius 3 is 2.46 bits per heavy atom. The maximum absolute atomic E-state index is 12.7. The third-order valence-corrected chi connectivity index (χ3v) is 8.83. The summed E-state index contributed by atoms with van der Waals surface area (Å²) < 4.78 is 5.37. The van der Waals surface area contributed by atoms with Crippen LogP contribution in [0.15, 0.2) is 0 Å². The molecule has 152 valence electrons. The first-order valence-electron chi connectivity index (χ1n) is 11.0. The summed E-state index contributed by atoms with van der Waals surface area (Å²) in [6, 6.07) is 0.508. The van der Waals surface area contributed by atoms with Gasteiger partial charge in [0.1, 0.15) is 5.00 Å². The number of anilines is 1. The van der Waals surface area contributed by atoms with Gasteiger partial charge in [-0.2, -0.15) is 0 Å². The van der Waals surface area contributed by atoms with Crippen molar-refractivity contribution in [3.8, 4) is 0 Å². The molecule has 0 aromatic carbocycles. The molecule has 4 nitrogen and oxygen atoms in total. The van der Waals surface area contributed by atoms with E-state index in [9.17, 15) is 4.79 Å². The molecule has 0 atom stereocenters. The fraction of sp³-hybridized carbons (Fsp3) is 0.727. The number of thiocarbonyl (C=S) groups is 1. The summed E-state index contributed by atoms with van der Waals surface area (Å²) in [5.41, 5.74) is 1.92. The Balaban J connectivity index is 1.32. The monoisotopic (exact) mass is 418 g/mol. The van der Waals surface area contributed by atoms with Gasteiger partial charge in [0.15, 0.2) is 5.11 Å². The SMILES string of the molecule is CCOC(=O)c1c(NC(=S)NC2C3CC4CC(C3)CC2C4)sc2c1CCCC2. The van der Waals surface area contributed by atoms with Crippen molar-refractivity contribution >= 4 is 39.6 Å². The van der Waals surface area contributed by atoms with E-state index >= 15 is 0 Å². The highest BCUT2D eigenvalue weighted by molar-refractivity contribution is 7.80. The van der Waals surface area contributed by atoms with Gasteiger partial charge in [0.05, 0.1) is 12.2 Å². The number of fused-ring (bicyclic) bond motifs is 1. The van der Waals surface area contributed by atoms with Crippen LogP contribution in [0.1, 0.15) is 72.7 Å². The zero-order chi connectivity index (χ0) is 19.3. The number of rotatable bonds is 4. The Morgan fingerprint density at radius 2 is 1.79 bits per heavy atom. The van der Waals surface area contributed by atoms with Gasteiger partial charge >= 0.3 is 5.97 Å². The third-order valence-electron chi connectivity index (χ3n) is 7.40. The topological polar surface area (TPSA) is 50.4 Å². The molecule has 5 aliphatic carbocycles. The molecule has 0 radical (unpaired) electrons. The van der Waals surface area contributed by atoms with Crippen molar-refractivity contribution in [3.05, 3.63) is 16.0 Å². The fourth-order valence-electron chi connectivity index (χ4n) is 6.52. The fourth-order valence-corrected chi connectivity index (χ4v) is 8.11. The van der Waals surface area contributed by atoms with Gasteiger partial charge < -0.3 is 15.4 Å². The van der Waals surface area contributed by atoms with Crippen molar-refractivity contribution in [2.45, 2.75) is 70.8 Å². The Morgan fingerprint density at radius 1 is 1.11 bits per heavy atom. The second-order valence-electron chi connectivity index (χ2n) is 9.19. The van der Waals surface area contributed by atoms with E-state index < -0.39 is 0 Å². The van der Waals surface area contributed by atoms with Gasteiger partial charge in [0.25, 0.3) is 0 Å². The van der Waals surface area contributed by atoms with Crippen molar-refractivity contribution in [2.75, 3.05) is 11.9 Å². The number of hydrogen-bond donors (Lipinski definition) is 2. The second-order valence-corrected chi connectivity index (χ2v) is 10.7. The lowest BCUT2D eigenvalue weighted by Gasteiger charge is -2.54. The molecule has 6 heteroatoms. The zero-order valence-electron chi connectivity index (χ0n) is 16.6. The smallest absolute Gasteiger partial charge is 0.341 e. The number of ether oxygens (including phenoxy) is 1. The highest BCUT2D eigenvalue weighted by atomic mass is 32.1. The van der Waals surface area contributed by atoms with Crippen LogP contribution in [-0.2, 0) is 17.6 Å². The predicted molar refractivity (Wildman–Crippen MR) is 117 cm³/mol. The van der Waals surface area contributed by atoms with Crippen molar-refractivity contribution in [1.82, 2.24) is 5.32 Å². The van der Waals surface area contributed by atoms with Crippen molar-refractivity contribution in [3.63, 3.8) is 0 Å². The van der Waals surface area contributed by atoms with Gasteiger partial charge in [0, 0.05) is 10.9 Å². The molecule has 1 aromatic heterocycles. The summed E-state index contributed by atoms with van der Waals surface area (Å²) in [5.74, 6) is 3.26. The Kier molecular flexibility index (Phi) is 5.12. The van der Waals surface area contributed by atoms with Crippen molar-refractivity contribution in [1.29, 1.82) is 0 Å². The van der Waals surface area contributed by atoms with Crippen molar-refractivity contribution < 1.29 is 9.53 Å². The van der Waals surface area contributed by atoms with Crippen LogP contribution >= 0.6 is 23.6 Å². The number of nitrogens with one attached hydrogen (secondary N) is 2. The molecule has 1 aromatic rings. The van der Waals surface area contributed by atoms with Crippen LogP contribution in [0.4, 0.5) is 5.00 Å². The second kappa shape index (κ2) is 7.60. The molecule has 6 rings (SSSR count). The molecule has 4 fully saturated rings. The zero-order valence-corrected chi connectivity index (χ0v) is 18.2. The van der Waals surface area contributed by atoms with Gasteiger partial charge in [-0.1, -0.05) is 0 Å². The highest BCUT2D eigenvalue weighted by Gasteiger charge is 2.48. The average molecular weight is 419 g/mol. The van der Waals surface area contributed by atoms with E-state index in [0.717, 1.165) is 53.5 Å². The summed E-state index contributed by atoms with van der Waals surface area (Å²) in [5, 5.41) is 8.63. The molecule has 0 amide bonds. The first kappa shape index (κ1) is 18.9. The van der Waals surface area contributed by atoms with Crippen LogP contribution in [0, 0.1) is 23.7 Å². The van der Waals surface area contributed by atoms with Gasteiger partial charge in [-0.15, -0.1) is 11.3 Å². The highest BCUT2D eigenvalue weighted by Crippen LogP contribution is 2.53. The molecule has 0 spiro atoms. The quantitative estimate of drug-likeness (QED) is 0.537. The maximum atomic E-state index is 12.7. The maximum Gasteiger partial charge on any atom is 0.341 e. The van der Waals surface area contributed by atoms with Gasteiger partial charge in [-0.05, 0) is 106 Å². The minimum Gasteiger partial charge on any atom is -0.462 e. The van der Waals surface area contributed by atoms with Crippen LogP contribution in [0.3, 0.4) is 0 Å². The largest absolute Gasteiger partial charge is 0.462 e. The molecule has 4 bridgehead atoms. The minimum atomic E-state index is -0.207. The third kappa shape index (κ3) is 3.36. The van der Waals surface area contributed by atoms with E-state index in [4.69, 9.17) is 17.0 Å². The van der Waals surface area contributed by atoms with Crippen LogP contribution in [0.2, 0.25) is 0 Å². The Labute approximate surface area is 176 Å². The van der Waals surface area contributed by atoms with Crippen LogP contribution < -0.4 is 10.6 Å². The van der Waals surface area contributed by atoms with E-state index in [1.54, 1.807) is 11.3 Å². The molecule has 4 saturated carbocycles. The Bertz CT molecular complexity index is 760. The average Bonchev–Trinajstić information content (AvgIpc) is 3.02. The van der Waals surface area contributed by atoms with Gasteiger partial charge in [-0.25, -0.2) is 4.79 Å². The van der Waals surface area contributed by atoms with E-state index in [1.165, 1.54) is 49.0 Å².